The Labute approximate surface area is 110 Å². The first-order valence-corrected chi connectivity index (χ1v) is 5.78. The zero-order valence-electron chi connectivity index (χ0n) is 10.7. The summed E-state index contributed by atoms with van der Waals surface area (Å²) in [5.41, 5.74) is 8.14. The van der Waals surface area contributed by atoms with Gasteiger partial charge in [-0.25, -0.2) is 4.39 Å². The van der Waals surface area contributed by atoms with E-state index in [2.05, 4.69) is 10.3 Å². The molecule has 1 aromatic heterocycles. The van der Waals surface area contributed by atoms with Crippen LogP contribution < -0.4 is 11.1 Å². The molecule has 98 valence electrons. The number of nitrogens with zero attached hydrogens (tertiary/aromatic N) is 1. The number of pyridine rings is 1. The first kappa shape index (κ1) is 13.0. The number of hydrogen-bond acceptors (Lipinski definition) is 3. The molecule has 0 unspecified atom stereocenters. The Kier molecular flexibility index (Phi) is 3.46. The zero-order chi connectivity index (χ0) is 14.0. The molecule has 0 radical (unpaired) electrons. The van der Waals surface area contributed by atoms with Crippen LogP contribution >= 0.6 is 0 Å². The van der Waals surface area contributed by atoms with Crippen molar-refractivity contribution < 1.29 is 9.18 Å². The number of benzene rings is 1. The van der Waals surface area contributed by atoms with Crippen molar-refractivity contribution in [2.45, 2.75) is 13.8 Å². The summed E-state index contributed by atoms with van der Waals surface area (Å²) in [4.78, 5) is 16.3. The van der Waals surface area contributed by atoms with Crippen LogP contribution in [0.25, 0.3) is 0 Å². The summed E-state index contributed by atoms with van der Waals surface area (Å²) in [6, 6.07) is 7.26. The maximum atomic E-state index is 13.1. The van der Waals surface area contributed by atoms with Gasteiger partial charge in [0.15, 0.2) is 0 Å². The van der Waals surface area contributed by atoms with Crippen LogP contribution in [0, 0.1) is 19.7 Å². The smallest absolute Gasteiger partial charge is 0.257 e. The van der Waals surface area contributed by atoms with Gasteiger partial charge < -0.3 is 11.1 Å². The Hall–Kier alpha value is -2.43. The normalized spacial score (nSPS) is 10.3. The molecule has 0 saturated carbocycles. The van der Waals surface area contributed by atoms with Crippen molar-refractivity contribution in [3.8, 4) is 0 Å². The number of aryl methyl sites for hydroxylation is 2. The highest BCUT2D eigenvalue weighted by Crippen LogP contribution is 2.20. The molecule has 0 fully saturated rings. The molecular weight excluding hydrogens is 245 g/mol. The van der Waals surface area contributed by atoms with Gasteiger partial charge in [0.1, 0.15) is 5.82 Å². The van der Waals surface area contributed by atoms with Gasteiger partial charge in [0.05, 0.1) is 22.6 Å². The van der Waals surface area contributed by atoms with Crippen LogP contribution in [0.3, 0.4) is 0 Å². The van der Waals surface area contributed by atoms with Crippen molar-refractivity contribution in [2.75, 3.05) is 11.1 Å². The fourth-order valence-electron chi connectivity index (χ4n) is 1.75. The van der Waals surface area contributed by atoms with Crippen LogP contribution in [0.15, 0.2) is 30.3 Å². The van der Waals surface area contributed by atoms with E-state index in [1.165, 1.54) is 18.2 Å². The first-order chi connectivity index (χ1) is 8.97. The highest BCUT2D eigenvalue weighted by molar-refractivity contribution is 6.06. The van der Waals surface area contributed by atoms with Gasteiger partial charge in [-0.1, -0.05) is 0 Å². The van der Waals surface area contributed by atoms with Gasteiger partial charge in [-0.15, -0.1) is 0 Å². The average Bonchev–Trinajstić information content (AvgIpc) is 2.33. The van der Waals surface area contributed by atoms with Gasteiger partial charge >= 0.3 is 0 Å². The molecule has 0 aliphatic carbocycles. The quantitative estimate of drug-likeness (QED) is 0.815. The molecular formula is C14H14FN3O. The summed E-state index contributed by atoms with van der Waals surface area (Å²) in [7, 11) is 0. The fourth-order valence-corrected chi connectivity index (χ4v) is 1.75. The summed E-state index contributed by atoms with van der Waals surface area (Å²) in [5, 5.41) is 2.58. The number of carbonyl (C=O) groups is 1. The van der Waals surface area contributed by atoms with E-state index in [-0.39, 0.29) is 11.6 Å². The average molecular weight is 259 g/mol. The maximum absolute atomic E-state index is 13.1. The van der Waals surface area contributed by atoms with E-state index < -0.39 is 5.82 Å². The zero-order valence-corrected chi connectivity index (χ0v) is 10.7. The van der Waals surface area contributed by atoms with E-state index in [9.17, 15) is 9.18 Å². The van der Waals surface area contributed by atoms with Crippen molar-refractivity contribution in [1.82, 2.24) is 4.98 Å². The molecule has 1 amide bonds. The molecule has 5 heteroatoms. The SMILES string of the molecule is Cc1ccc(C(=O)Nc2cc(F)ccc2N)c(C)n1. The van der Waals surface area contributed by atoms with E-state index >= 15 is 0 Å². The number of halogens is 1. The van der Waals surface area contributed by atoms with E-state index in [0.717, 1.165) is 5.69 Å². The highest BCUT2D eigenvalue weighted by atomic mass is 19.1. The molecule has 0 aliphatic rings. The van der Waals surface area contributed by atoms with Gasteiger partial charge in [-0.2, -0.15) is 0 Å². The number of amides is 1. The predicted octanol–water partition coefficient (Wildman–Crippen LogP) is 2.67. The Balaban J connectivity index is 2.28. The van der Waals surface area contributed by atoms with Crippen LogP contribution in [-0.2, 0) is 0 Å². The molecule has 0 aliphatic heterocycles. The molecule has 2 rings (SSSR count). The second-order valence-electron chi connectivity index (χ2n) is 4.27. The Morgan fingerprint density at radius 2 is 2.00 bits per heavy atom. The number of nitrogen functional groups attached to an aromatic ring is 1. The third kappa shape index (κ3) is 2.88. The monoisotopic (exact) mass is 259 g/mol. The summed E-state index contributed by atoms with van der Waals surface area (Å²) in [6.07, 6.45) is 0. The van der Waals surface area contributed by atoms with Crippen molar-refractivity contribution in [2.24, 2.45) is 0 Å². The van der Waals surface area contributed by atoms with E-state index in [4.69, 9.17) is 5.73 Å². The summed E-state index contributed by atoms with van der Waals surface area (Å²) in [6.45, 7) is 3.59. The largest absolute Gasteiger partial charge is 0.397 e. The van der Waals surface area contributed by atoms with E-state index in [1.54, 1.807) is 19.1 Å². The Morgan fingerprint density at radius 3 is 2.68 bits per heavy atom. The van der Waals surface area contributed by atoms with E-state index in [1.807, 2.05) is 6.92 Å². The Morgan fingerprint density at radius 1 is 1.26 bits per heavy atom. The van der Waals surface area contributed by atoms with Crippen molar-refractivity contribution in [3.05, 3.63) is 53.1 Å². The summed E-state index contributed by atoms with van der Waals surface area (Å²) >= 11 is 0. The lowest BCUT2D eigenvalue weighted by Gasteiger charge is -2.10. The number of rotatable bonds is 2. The third-order valence-electron chi connectivity index (χ3n) is 2.73. The molecule has 0 spiro atoms. The lowest BCUT2D eigenvalue weighted by Crippen LogP contribution is -2.15. The van der Waals surface area contributed by atoms with Gasteiger partial charge in [0.2, 0.25) is 0 Å². The molecule has 1 heterocycles. The van der Waals surface area contributed by atoms with E-state index in [0.29, 0.717) is 16.9 Å². The number of aromatic nitrogens is 1. The first-order valence-electron chi connectivity index (χ1n) is 5.78. The summed E-state index contributed by atoms with van der Waals surface area (Å²) < 4.78 is 13.1. The number of anilines is 2. The standard InChI is InChI=1S/C14H14FN3O/c1-8-3-5-11(9(2)17-8)14(19)18-13-7-10(15)4-6-12(13)16/h3-7H,16H2,1-2H3,(H,18,19). The summed E-state index contributed by atoms with van der Waals surface area (Å²) in [5.74, 6) is -0.814. The maximum Gasteiger partial charge on any atom is 0.257 e. The van der Waals surface area contributed by atoms with Crippen LogP contribution in [0.1, 0.15) is 21.7 Å². The van der Waals surface area contributed by atoms with Crippen molar-refractivity contribution >= 4 is 17.3 Å². The van der Waals surface area contributed by atoms with Gasteiger partial charge in [-0.3, -0.25) is 9.78 Å². The van der Waals surface area contributed by atoms with Crippen LogP contribution in [0.5, 0.6) is 0 Å². The molecule has 0 saturated heterocycles. The second kappa shape index (κ2) is 5.06. The fraction of sp³-hybridized carbons (Fsp3) is 0.143. The predicted molar refractivity (Wildman–Crippen MR) is 72.5 cm³/mol. The second-order valence-corrected chi connectivity index (χ2v) is 4.27. The number of hydrogen-bond donors (Lipinski definition) is 2. The van der Waals surface area contributed by atoms with Gasteiger partial charge in [0, 0.05) is 5.69 Å². The third-order valence-corrected chi connectivity index (χ3v) is 2.73. The minimum atomic E-state index is -0.455. The van der Waals surface area contributed by atoms with Gasteiger partial charge in [0.25, 0.3) is 5.91 Å². The topological polar surface area (TPSA) is 68.0 Å². The lowest BCUT2D eigenvalue weighted by atomic mass is 10.1. The number of carbonyl (C=O) groups excluding carboxylic acids is 1. The molecule has 4 nitrogen and oxygen atoms in total. The molecule has 3 N–H and O–H groups in total. The molecule has 0 bridgehead atoms. The molecule has 2 aromatic rings. The highest BCUT2D eigenvalue weighted by Gasteiger charge is 2.12. The van der Waals surface area contributed by atoms with Crippen LogP contribution in [0.2, 0.25) is 0 Å². The van der Waals surface area contributed by atoms with Gasteiger partial charge in [-0.05, 0) is 44.2 Å². The minimum absolute atomic E-state index is 0.255. The Bertz CT molecular complexity index is 641. The number of nitrogens with one attached hydrogen (secondary N) is 1. The van der Waals surface area contributed by atoms with Crippen LogP contribution in [0.4, 0.5) is 15.8 Å². The lowest BCUT2D eigenvalue weighted by molar-refractivity contribution is 0.102. The minimum Gasteiger partial charge on any atom is -0.397 e. The van der Waals surface area contributed by atoms with Crippen molar-refractivity contribution in [1.29, 1.82) is 0 Å². The van der Waals surface area contributed by atoms with Crippen molar-refractivity contribution in [3.63, 3.8) is 0 Å². The molecule has 0 atom stereocenters. The molecule has 1 aromatic carbocycles. The van der Waals surface area contributed by atoms with Crippen LogP contribution in [-0.4, -0.2) is 10.9 Å². The number of nitrogens with two attached hydrogens (primary N) is 1. The molecule has 19 heavy (non-hydrogen) atoms.